The number of benzene rings is 1. The van der Waals surface area contributed by atoms with Crippen LogP contribution in [0.25, 0.3) is 0 Å². The normalized spacial score (nSPS) is 16.7. The number of carbonyl (C=O) groups is 2. The molecule has 1 aromatic carbocycles. The second kappa shape index (κ2) is 9.10. The first kappa shape index (κ1) is 32.4. The van der Waals surface area contributed by atoms with Gasteiger partial charge in [-0.3, -0.25) is 14.5 Å². The van der Waals surface area contributed by atoms with Gasteiger partial charge >= 0.3 is 47.6 Å². The smallest absolute Gasteiger partial charge is 0.274 e. The zero-order chi connectivity index (χ0) is 30.8. The predicted octanol–water partition coefficient (Wildman–Crippen LogP) is 7.07. The largest absolute Gasteiger partial charge is 0.460 e. The Morgan fingerprint density at radius 2 is 0.846 bits per heavy atom. The Bertz CT molecular complexity index is 1090. The number of halogens is 17. The molecule has 0 aromatic heterocycles. The van der Waals surface area contributed by atoms with Gasteiger partial charge in [-0.1, -0.05) is 12.1 Å². The molecular weight excluding hydrogens is 597 g/mol. The molecule has 3 nitrogen and oxygen atoms in total. The van der Waals surface area contributed by atoms with Crippen LogP contribution in [0.1, 0.15) is 33.6 Å². The molecule has 0 spiro atoms. The van der Waals surface area contributed by atoms with Crippen LogP contribution in [0.2, 0.25) is 0 Å². The highest BCUT2D eigenvalue weighted by Gasteiger charge is 2.95. The number of carbonyl (C=O) groups excluding carboxylic acids is 2. The van der Waals surface area contributed by atoms with Crippen LogP contribution in [0.4, 0.5) is 74.6 Å². The first-order valence-corrected chi connectivity index (χ1v) is 9.82. The number of amides is 2. The average molecular weight is 607 g/mol. The first-order valence-electron chi connectivity index (χ1n) is 9.82. The topological polar surface area (TPSA) is 37.4 Å². The van der Waals surface area contributed by atoms with Crippen molar-refractivity contribution in [1.29, 1.82) is 0 Å². The average Bonchev–Trinajstić information content (AvgIpc) is 3.02. The van der Waals surface area contributed by atoms with Crippen LogP contribution >= 0.6 is 0 Å². The summed E-state index contributed by atoms with van der Waals surface area (Å²) in [5, 5.41) is 0. The number of imide groups is 1. The summed E-state index contributed by atoms with van der Waals surface area (Å²) in [6.45, 7) is -1.27. The summed E-state index contributed by atoms with van der Waals surface area (Å²) in [5.41, 5.74) is -0.630. The van der Waals surface area contributed by atoms with Gasteiger partial charge in [0, 0.05) is 13.0 Å². The van der Waals surface area contributed by atoms with Crippen molar-refractivity contribution >= 4 is 11.8 Å². The maximum Gasteiger partial charge on any atom is 0.460 e. The maximum atomic E-state index is 14.0. The third kappa shape index (κ3) is 4.36. The van der Waals surface area contributed by atoms with E-state index >= 15 is 0 Å². The molecular formula is C19H10F17NO2. The van der Waals surface area contributed by atoms with Gasteiger partial charge in [0.15, 0.2) is 0 Å². The van der Waals surface area contributed by atoms with Gasteiger partial charge < -0.3 is 0 Å². The molecule has 0 saturated carbocycles. The summed E-state index contributed by atoms with van der Waals surface area (Å²) < 4.78 is 226. The van der Waals surface area contributed by atoms with Crippen LogP contribution in [-0.2, 0) is 0 Å². The van der Waals surface area contributed by atoms with Gasteiger partial charge in [0.1, 0.15) is 0 Å². The molecule has 20 heteroatoms. The second-order valence-corrected chi connectivity index (χ2v) is 8.06. The fourth-order valence-corrected chi connectivity index (χ4v) is 3.25. The lowest BCUT2D eigenvalue weighted by Gasteiger charge is -2.42. The molecule has 2 rings (SSSR count). The van der Waals surface area contributed by atoms with E-state index in [1.54, 1.807) is 0 Å². The Hall–Kier alpha value is -2.83. The Morgan fingerprint density at radius 1 is 0.513 bits per heavy atom. The summed E-state index contributed by atoms with van der Waals surface area (Å²) in [6.07, 6.45) is -12.2. The molecule has 0 unspecified atom stereocenters. The van der Waals surface area contributed by atoms with Gasteiger partial charge in [0.25, 0.3) is 11.8 Å². The Labute approximate surface area is 204 Å². The van der Waals surface area contributed by atoms with Gasteiger partial charge in [0.2, 0.25) is 0 Å². The Balaban J connectivity index is 2.33. The minimum Gasteiger partial charge on any atom is -0.274 e. The molecule has 0 saturated heterocycles. The van der Waals surface area contributed by atoms with Gasteiger partial charge in [-0.25, -0.2) is 0 Å². The van der Waals surface area contributed by atoms with E-state index in [4.69, 9.17) is 0 Å². The number of nitrogens with zero attached hydrogens (tertiary/aromatic N) is 1. The second-order valence-electron chi connectivity index (χ2n) is 8.06. The molecule has 1 heterocycles. The van der Waals surface area contributed by atoms with E-state index in [-0.39, 0.29) is 16.0 Å². The minimum absolute atomic E-state index is 0.125. The molecule has 222 valence electrons. The van der Waals surface area contributed by atoms with E-state index in [0.29, 0.717) is 0 Å². The van der Waals surface area contributed by atoms with Crippen LogP contribution in [0.3, 0.4) is 0 Å². The third-order valence-corrected chi connectivity index (χ3v) is 5.54. The van der Waals surface area contributed by atoms with E-state index in [1.165, 1.54) is 12.1 Å². The van der Waals surface area contributed by atoms with Gasteiger partial charge in [0.05, 0.1) is 11.1 Å². The molecule has 1 aromatic rings. The molecule has 1 aliphatic heterocycles. The van der Waals surface area contributed by atoms with E-state index < -0.39 is 78.8 Å². The third-order valence-electron chi connectivity index (χ3n) is 5.54. The zero-order valence-electron chi connectivity index (χ0n) is 18.1. The lowest BCUT2D eigenvalue weighted by Crippen LogP contribution is -2.74. The van der Waals surface area contributed by atoms with Crippen molar-refractivity contribution in [3.8, 4) is 0 Å². The summed E-state index contributed by atoms with van der Waals surface area (Å²) in [5.74, 6) is -59.3. The lowest BCUT2D eigenvalue weighted by molar-refractivity contribution is -0.461. The van der Waals surface area contributed by atoms with Crippen LogP contribution < -0.4 is 0 Å². The van der Waals surface area contributed by atoms with Crippen molar-refractivity contribution in [2.24, 2.45) is 0 Å². The van der Waals surface area contributed by atoms with Crippen molar-refractivity contribution in [2.75, 3.05) is 6.54 Å². The van der Waals surface area contributed by atoms with Gasteiger partial charge in [-0.05, 0) is 18.6 Å². The summed E-state index contributed by atoms with van der Waals surface area (Å²) in [4.78, 5) is 24.2. The highest BCUT2D eigenvalue weighted by molar-refractivity contribution is 6.21. The molecule has 0 atom stereocenters. The van der Waals surface area contributed by atoms with Gasteiger partial charge in [-0.2, -0.15) is 74.6 Å². The highest BCUT2D eigenvalue weighted by atomic mass is 19.4. The van der Waals surface area contributed by atoms with Crippen molar-refractivity contribution in [3.05, 3.63) is 35.4 Å². The lowest BCUT2D eigenvalue weighted by atomic mass is 9.88. The molecule has 1 aliphatic rings. The van der Waals surface area contributed by atoms with Crippen molar-refractivity contribution in [2.45, 2.75) is 60.5 Å². The van der Waals surface area contributed by atoms with E-state index in [0.717, 1.165) is 12.1 Å². The number of fused-ring (bicyclic) bond motifs is 1. The SMILES string of the molecule is O=C1c2ccccc2C(=O)N1CCCC(F)(F)C(F)(F)C(F)(F)C(F)(F)C(F)(F)C(F)(F)C(F)(F)C(F)(F)F. The quantitative estimate of drug-likeness (QED) is 0.211. The number of rotatable bonds is 10. The van der Waals surface area contributed by atoms with E-state index in [2.05, 4.69) is 0 Å². The van der Waals surface area contributed by atoms with Crippen LogP contribution in [0, 0.1) is 0 Å². The standard InChI is InChI=1S/C19H10F17NO2/c20-12(21,6-3-7-37-10(38)8-4-1-2-5-9(8)11(37)39)13(22,23)14(24,25)15(26,27)16(28,29)17(30,31)18(32,33)19(34,35)36/h1-2,4-5H,3,6-7H2. The zero-order valence-corrected chi connectivity index (χ0v) is 18.1. The van der Waals surface area contributed by atoms with Crippen LogP contribution in [0.15, 0.2) is 24.3 Å². The first-order chi connectivity index (χ1) is 17.1. The minimum atomic E-state index is -8.69. The van der Waals surface area contributed by atoms with Crippen molar-refractivity contribution in [3.63, 3.8) is 0 Å². The van der Waals surface area contributed by atoms with Gasteiger partial charge in [-0.15, -0.1) is 0 Å². The van der Waals surface area contributed by atoms with Crippen LogP contribution in [-0.4, -0.2) is 70.9 Å². The summed E-state index contributed by atoms with van der Waals surface area (Å²) in [7, 11) is 0. The molecule has 39 heavy (non-hydrogen) atoms. The molecule has 0 aliphatic carbocycles. The maximum absolute atomic E-state index is 14.0. The van der Waals surface area contributed by atoms with E-state index in [9.17, 15) is 84.2 Å². The van der Waals surface area contributed by atoms with E-state index in [1.807, 2.05) is 0 Å². The Morgan fingerprint density at radius 3 is 1.21 bits per heavy atom. The number of hydrogen-bond acceptors (Lipinski definition) is 2. The summed E-state index contributed by atoms with van der Waals surface area (Å²) >= 11 is 0. The monoisotopic (exact) mass is 607 g/mol. The predicted molar refractivity (Wildman–Crippen MR) is 91.7 cm³/mol. The fourth-order valence-electron chi connectivity index (χ4n) is 3.25. The number of hydrogen-bond donors (Lipinski definition) is 0. The molecule has 0 N–H and O–H groups in total. The van der Waals surface area contributed by atoms with Crippen molar-refractivity contribution < 1.29 is 84.2 Å². The Kier molecular flexibility index (Phi) is 7.56. The molecule has 0 fully saturated rings. The highest BCUT2D eigenvalue weighted by Crippen LogP contribution is 2.64. The summed E-state index contributed by atoms with van der Waals surface area (Å²) in [6, 6.07) is 4.57. The van der Waals surface area contributed by atoms with Crippen LogP contribution in [0.5, 0.6) is 0 Å². The fraction of sp³-hybridized carbons (Fsp3) is 0.579. The molecule has 0 bridgehead atoms. The molecule has 0 radical (unpaired) electrons. The molecule has 2 amide bonds. The van der Waals surface area contributed by atoms with Crippen molar-refractivity contribution in [1.82, 2.24) is 4.90 Å². The number of alkyl halides is 17.